The Hall–Kier alpha value is -1.69. The first-order valence-corrected chi connectivity index (χ1v) is 7.26. The van der Waals surface area contributed by atoms with Crippen LogP contribution in [0.1, 0.15) is 5.56 Å². The van der Waals surface area contributed by atoms with Crippen molar-refractivity contribution in [2.45, 2.75) is 0 Å². The van der Waals surface area contributed by atoms with Gasteiger partial charge < -0.3 is 20.5 Å². The molecule has 2 aromatic carbocycles. The van der Waals surface area contributed by atoms with Gasteiger partial charge in [-0.25, -0.2) is 0 Å². The number of benzene rings is 2. The van der Waals surface area contributed by atoms with Crippen LogP contribution in [0.15, 0.2) is 36.4 Å². The van der Waals surface area contributed by atoms with Crippen LogP contribution in [-0.2, 0) is 4.74 Å². The lowest BCUT2D eigenvalue weighted by atomic mass is 10.0. The van der Waals surface area contributed by atoms with Crippen LogP contribution in [0.5, 0.6) is 0 Å². The van der Waals surface area contributed by atoms with Gasteiger partial charge in [0.1, 0.15) is 4.99 Å². The zero-order chi connectivity index (χ0) is 15.2. The summed E-state index contributed by atoms with van der Waals surface area (Å²) in [6.07, 6.45) is 0. The van der Waals surface area contributed by atoms with E-state index < -0.39 is 0 Å². The third kappa shape index (κ3) is 3.50. The summed E-state index contributed by atoms with van der Waals surface area (Å²) >= 11 is 5.12. The predicted molar refractivity (Wildman–Crippen MR) is 91.0 cm³/mol. The highest BCUT2D eigenvalue weighted by Crippen LogP contribution is 2.29. The van der Waals surface area contributed by atoms with Crippen LogP contribution >= 0.6 is 12.2 Å². The standard InChI is InChI=1S/C16H20N2O2S/c1-20-11-9-18(8-10-19)15-7-6-14(16(17)21)12-4-2-3-5-13(12)15/h2-7,19H,8-11H2,1H3,(H2,17,21). The van der Waals surface area contributed by atoms with Crippen molar-refractivity contribution in [3.63, 3.8) is 0 Å². The summed E-state index contributed by atoms with van der Waals surface area (Å²) < 4.78 is 5.15. The van der Waals surface area contributed by atoms with Crippen molar-refractivity contribution in [3.05, 3.63) is 42.0 Å². The Morgan fingerprint density at radius 3 is 2.52 bits per heavy atom. The number of aliphatic hydroxyl groups excluding tert-OH is 1. The lowest BCUT2D eigenvalue weighted by Crippen LogP contribution is -2.30. The van der Waals surface area contributed by atoms with Crippen molar-refractivity contribution in [3.8, 4) is 0 Å². The zero-order valence-electron chi connectivity index (χ0n) is 12.1. The first-order chi connectivity index (χ1) is 10.2. The van der Waals surface area contributed by atoms with Crippen molar-refractivity contribution in [2.75, 3.05) is 38.3 Å². The van der Waals surface area contributed by atoms with Crippen LogP contribution in [0.3, 0.4) is 0 Å². The van der Waals surface area contributed by atoms with E-state index in [2.05, 4.69) is 4.90 Å². The molecule has 2 rings (SSSR count). The van der Waals surface area contributed by atoms with Crippen molar-refractivity contribution >= 4 is 33.7 Å². The number of hydrogen-bond donors (Lipinski definition) is 2. The van der Waals surface area contributed by atoms with Crippen LogP contribution < -0.4 is 10.6 Å². The molecule has 2 aromatic rings. The molecule has 4 nitrogen and oxygen atoms in total. The number of rotatable bonds is 7. The molecule has 0 heterocycles. The van der Waals surface area contributed by atoms with Gasteiger partial charge in [0.25, 0.3) is 0 Å². The second-order valence-corrected chi connectivity index (χ2v) is 5.19. The summed E-state index contributed by atoms with van der Waals surface area (Å²) in [5.41, 5.74) is 7.73. The monoisotopic (exact) mass is 304 g/mol. The van der Waals surface area contributed by atoms with Crippen LogP contribution in [0.2, 0.25) is 0 Å². The van der Waals surface area contributed by atoms with Crippen LogP contribution in [0, 0.1) is 0 Å². The fourth-order valence-electron chi connectivity index (χ4n) is 2.45. The van der Waals surface area contributed by atoms with E-state index in [-0.39, 0.29) is 6.61 Å². The maximum absolute atomic E-state index is 9.29. The zero-order valence-corrected chi connectivity index (χ0v) is 12.9. The van der Waals surface area contributed by atoms with Crippen LogP contribution in [0.25, 0.3) is 10.8 Å². The van der Waals surface area contributed by atoms with Crippen molar-refractivity contribution in [2.24, 2.45) is 5.73 Å². The van der Waals surface area contributed by atoms with Gasteiger partial charge in [-0.2, -0.15) is 0 Å². The molecule has 3 N–H and O–H groups in total. The normalized spacial score (nSPS) is 10.8. The summed E-state index contributed by atoms with van der Waals surface area (Å²) in [6.45, 7) is 1.97. The van der Waals surface area contributed by atoms with Crippen LogP contribution in [0.4, 0.5) is 5.69 Å². The Morgan fingerprint density at radius 2 is 1.90 bits per heavy atom. The van der Waals surface area contributed by atoms with Gasteiger partial charge in [0, 0.05) is 36.8 Å². The topological polar surface area (TPSA) is 58.7 Å². The average molecular weight is 304 g/mol. The molecule has 0 aromatic heterocycles. The van der Waals surface area contributed by atoms with Crippen molar-refractivity contribution in [1.82, 2.24) is 0 Å². The number of aliphatic hydroxyl groups is 1. The van der Waals surface area contributed by atoms with E-state index >= 15 is 0 Å². The number of thiocarbonyl (C=S) groups is 1. The number of nitrogens with two attached hydrogens (primary N) is 1. The number of anilines is 1. The second-order valence-electron chi connectivity index (χ2n) is 4.75. The number of methoxy groups -OCH3 is 1. The second kappa shape index (κ2) is 7.36. The largest absolute Gasteiger partial charge is 0.395 e. The third-order valence-electron chi connectivity index (χ3n) is 3.44. The van der Waals surface area contributed by atoms with Gasteiger partial charge in [-0.1, -0.05) is 36.5 Å². The van der Waals surface area contributed by atoms with Gasteiger partial charge in [-0.15, -0.1) is 0 Å². The molecule has 0 saturated carbocycles. The lowest BCUT2D eigenvalue weighted by molar-refractivity contribution is 0.203. The Balaban J connectivity index is 2.52. The minimum absolute atomic E-state index is 0.0924. The van der Waals surface area contributed by atoms with E-state index in [1.165, 1.54) is 0 Å². The van der Waals surface area contributed by atoms with Gasteiger partial charge in [-0.05, 0) is 17.5 Å². The average Bonchev–Trinajstić information content (AvgIpc) is 2.50. The molecule has 0 aliphatic carbocycles. The molecule has 0 aliphatic heterocycles. The van der Waals surface area contributed by atoms with Crippen molar-refractivity contribution in [1.29, 1.82) is 0 Å². The molecular formula is C16H20N2O2S. The smallest absolute Gasteiger partial charge is 0.104 e. The maximum Gasteiger partial charge on any atom is 0.104 e. The third-order valence-corrected chi connectivity index (χ3v) is 3.66. The minimum atomic E-state index is 0.0924. The molecule has 0 aliphatic rings. The van der Waals surface area contributed by atoms with Gasteiger partial charge in [0.15, 0.2) is 0 Å². The Morgan fingerprint density at radius 1 is 1.19 bits per heavy atom. The van der Waals surface area contributed by atoms with Crippen molar-refractivity contribution < 1.29 is 9.84 Å². The SMILES string of the molecule is COCCN(CCO)c1ccc(C(N)=S)c2ccccc12. The number of ether oxygens (including phenoxy) is 1. The number of nitrogens with zero attached hydrogens (tertiary/aromatic N) is 1. The molecular weight excluding hydrogens is 284 g/mol. The Labute approximate surface area is 130 Å². The molecule has 0 radical (unpaired) electrons. The molecule has 112 valence electrons. The molecule has 21 heavy (non-hydrogen) atoms. The molecule has 0 saturated heterocycles. The summed E-state index contributed by atoms with van der Waals surface area (Å²) in [4.78, 5) is 2.50. The van der Waals surface area contributed by atoms with Gasteiger partial charge >= 0.3 is 0 Å². The Bertz CT molecular complexity index is 631. The molecule has 0 unspecified atom stereocenters. The van der Waals surface area contributed by atoms with E-state index in [1.807, 2.05) is 36.4 Å². The molecule has 0 spiro atoms. The summed E-state index contributed by atoms with van der Waals surface area (Å²) in [5.74, 6) is 0. The lowest BCUT2D eigenvalue weighted by Gasteiger charge is -2.25. The first kappa shape index (κ1) is 15.7. The highest BCUT2D eigenvalue weighted by atomic mass is 32.1. The van der Waals surface area contributed by atoms with Crippen LogP contribution in [-0.4, -0.2) is 43.5 Å². The minimum Gasteiger partial charge on any atom is -0.395 e. The van der Waals surface area contributed by atoms with E-state index in [1.54, 1.807) is 7.11 Å². The highest BCUT2D eigenvalue weighted by Gasteiger charge is 2.12. The Kier molecular flexibility index (Phi) is 5.50. The predicted octanol–water partition coefficient (Wildman–Crippen LogP) is 1.92. The molecule has 0 fully saturated rings. The molecule has 0 bridgehead atoms. The summed E-state index contributed by atoms with van der Waals surface area (Å²) in [6, 6.07) is 12.0. The quantitative estimate of drug-likeness (QED) is 0.765. The van der Waals surface area contributed by atoms with Gasteiger partial charge in [0.2, 0.25) is 0 Å². The van der Waals surface area contributed by atoms with Gasteiger partial charge in [0.05, 0.1) is 13.2 Å². The van der Waals surface area contributed by atoms with Gasteiger partial charge in [-0.3, -0.25) is 0 Å². The highest BCUT2D eigenvalue weighted by molar-refractivity contribution is 7.80. The number of fused-ring (bicyclic) bond motifs is 1. The molecule has 0 amide bonds. The fourth-order valence-corrected chi connectivity index (χ4v) is 2.63. The fraction of sp³-hybridized carbons (Fsp3) is 0.312. The van der Waals surface area contributed by atoms with E-state index in [0.717, 1.165) is 22.0 Å². The maximum atomic E-state index is 9.29. The first-order valence-electron chi connectivity index (χ1n) is 6.85. The summed E-state index contributed by atoms with van der Waals surface area (Å²) in [5, 5.41) is 11.4. The van der Waals surface area contributed by atoms with E-state index in [4.69, 9.17) is 22.7 Å². The summed E-state index contributed by atoms with van der Waals surface area (Å²) in [7, 11) is 1.67. The molecule has 0 atom stereocenters. The van der Waals surface area contributed by atoms with E-state index in [0.29, 0.717) is 24.7 Å². The number of hydrogen-bond acceptors (Lipinski definition) is 4. The van der Waals surface area contributed by atoms with E-state index in [9.17, 15) is 5.11 Å². The molecule has 5 heteroatoms.